The Morgan fingerprint density at radius 2 is 2.00 bits per heavy atom. The van der Waals surface area contributed by atoms with Crippen molar-refractivity contribution in [1.82, 2.24) is 0 Å². The van der Waals surface area contributed by atoms with Gasteiger partial charge in [-0.1, -0.05) is 17.7 Å². The van der Waals surface area contributed by atoms with E-state index < -0.39 is 11.7 Å². The van der Waals surface area contributed by atoms with Gasteiger partial charge in [-0.25, -0.2) is 0 Å². The van der Waals surface area contributed by atoms with Crippen LogP contribution in [0.25, 0.3) is 0 Å². The van der Waals surface area contributed by atoms with Crippen molar-refractivity contribution in [3.8, 4) is 0 Å². The summed E-state index contributed by atoms with van der Waals surface area (Å²) < 4.78 is 0. The molecule has 3 nitrogen and oxygen atoms in total. The van der Waals surface area contributed by atoms with E-state index in [9.17, 15) is 10.2 Å². The van der Waals surface area contributed by atoms with E-state index in [0.29, 0.717) is 17.1 Å². The molecular weight excluding hydrogens is 238 g/mol. The van der Waals surface area contributed by atoms with Crippen molar-refractivity contribution in [2.75, 3.05) is 18.5 Å². The number of hydrogen-bond acceptors (Lipinski definition) is 3. The number of likely N-dealkylation sites (N-methyl/N-ethyl adjacent to an activating group) is 1. The molecule has 0 bridgehead atoms. The minimum absolute atomic E-state index is 0.511. The SMILES string of the molecule is CC(O)c1ccc(N(C)CC(C)(C)O)cc1Cl. The summed E-state index contributed by atoms with van der Waals surface area (Å²) >= 11 is 6.09. The molecule has 0 aromatic heterocycles. The minimum Gasteiger partial charge on any atom is -0.389 e. The third kappa shape index (κ3) is 4.19. The van der Waals surface area contributed by atoms with Gasteiger partial charge in [0.2, 0.25) is 0 Å². The third-order valence-corrected chi connectivity index (χ3v) is 2.83. The Balaban J connectivity index is 2.90. The first-order valence-corrected chi connectivity index (χ1v) is 5.99. The smallest absolute Gasteiger partial charge is 0.0776 e. The molecule has 0 fully saturated rings. The van der Waals surface area contributed by atoms with Gasteiger partial charge in [-0.3, -0.25) is 0 Å². The first-order chi connectivity index (χ1) is 7.70. The van der Waals surface area contributed by atoms with Gasteiger partial charge in [-0.2, -0.15) is 0 Å². The van der Waals surface area contributed by atoms with Gasteiger partial charge in [0, 0.05) is 24.3 Å². The molecule has 0 spiro atoms. The molecule has 1 aromatic carbocycles. The van der Waals surface area contributed by atoms with Crippen molar-refractivity contribution in [2.24, 2.45) is 0 Å². The van der Waals surface area contributed by atoms with Crippen LogP contribution in [0.2, 0.25) is 5.02 Å². The van der Waals surface area contributed by atoms with Crippen LogP contribution in [-0.2, 0) is 0 Å². The summed E-state index contributed by atoms with van der Waals surface area (Å²) in [6, 6.07) is 5.50. The lowest BCUT2D eigenvalue weighted by Gasteiger charge is -2.27. The Kier molecular flexibility index (Phi) is 4.42. The zero-order valence-electron chi connectivity index (χ0n) is 10.7. The quantitative estimate of drug-likeness (QED) is 0.872. The number of halogens is 1. The van der Waals surface area contributed by atoms with E-state index in [-0.39, 0.29) is 0 Å². The summed E-state index contributed by atoms with van der Waals surface area (Å²) in [5.74, 6) is 0. The molecule has 0 aliphatic carbocycles. The number of rotatable bonds is 4. The second-order valence-electron chi connectivity index (χ2n) is 5.05. The van der Waals surface area contributed by atoms with Gasteiger partial charge in [0.05, 0.1) is 11.7 Å². The highest BCUT2D eigenvalue weighted by molar-refractivity contribution is 6.31. The number of anilines is 1. The molecule has 96 valence electrons. The van der Waals surface area contributed by atoms with Gasteiger partial charge < -0.3 is 15.1 Å². The first-order valence-electron chi connectivity index (χ1n) is 5.62. The Labute approximate surface area is 108 Å². The summed E-state index contributed by atoms with van der Waals surface area (Å²) in [6.45, 7) is 5.71. The van der Waals surface area contributed by atoms with Crippen molar-refractivity contribution < 1.29 is 10.2 Å². The van der Waals surface area contributed by atoms with Crippen molar-refractivity contribution in [3.05, 3.63) is 28.8 Å². The number of aliphatic hydroxyl groups excluding tert-OH is 1. The molecule has 0 radical (unpaired) electrons. The van der Waals surface area contributed by atoms with Crippen molar-refractivity contribution in [2.45, 2.75) is 32.5 Å². The van der Waals surface area contributed by atoms with E-state index in [4.69, 9.17) is 11.6 Å². The summed E-state index contributed by atoms with van der Waals surface area (Å²) in [5, 5.41) is 19.8. The zero-order valence-corrected chi connectivity index (χ0v) is 11.5. The predicted octanol–water partition coefficient (Wildman–Crippen LogP) is 2.60. The monoisotopic (exact) mass is 257 g/mol. The minimum atomic E-state index is -0.760. The lowest BCUT2D eigenvalue weighted by atomic mass is 10.1. The van der Waals surface area contributed by atoms with Crippen LogP contribution >= 0.6 is 11.6 Å². The second-order valence-corrected chi connectivity index (χ2v) is 5.46. The molecule has 0 saturated heterocycles. The molecule has 2 N–H and O–H groups in total. The highest BCUT2D eigenvalue weighted by Crippen LogP contribution is 2.27. The predicted molar refractivity (Wildman–Crippen MR) is 71.7 cm³/mol. The molecule has 0 saturated carbocycles. The fourth-order valence-corrected chi connectivity index (χ4v) is 2.10. The maximum absolute atomic E-state index is 9.75. The Bertz CT molecular complexity index is 385. The molecule has 0 aliphatic heterocycles. The van der Waals surface area contributed by atoms with Crippen molar-refractivity contribution in [1.29, 1.82) is 0 Å². The largest absolute Gasteiger partial charge is 0.389 e. The first kappa shape index (κ1) is 14.3. The molecule has 0 aliphatic rings. The Hall–Kier alpha value is -0.770. The lowest BCUT2D eigenvalue weighted by Crippen LogP contribution is -2.36. The molecule has 17 heavy (non-hydrogen) atoms. The summed E-state index contributed by atoms with van der Waals surface area (Å²) in [6.07, 6.45) is -0.573. The highest BCUT2D eigenvalue weighted by atomic mass is 35.5. The average Bonchev–Trinajstić information content (AvgIpc) is 2.14. The summed E-state index contributed by atoms with van der Waals surface area (Å²) in [5.41, 5.74) is 0.873. The van der Waals surface area contributed by atoms with Gasteiger partial charge in [0.1, 0.15) is 0 Å². The molecule has 1 unspecified atom stereocenters. The van der Waals surface area contributed by atoms with Gasteiger partial charge in [0.15, 0.2) is 0 Å². The lowest BCUT2D eigenvalue weighted by molar-refractivity contribution is 0.0886. The maximum Gasteiger partial charge on any atom is 0.0776 e. The maximum atomic E-state index is 9.75. The van der Waals surface area contributed by atoms with Crippen LogP contribution in [0.3, 0.4) is 0 Å². The van der Waals surface area contributed by atoms with E-state index in [2.05, 4.69) is 0 Å². The van der Waals surface area contributed by atoms with Gasteiger partial charge in [0.25, 0.3) is 0 Å². The Morgan fingerprint density at radius 1 is 1.41 bits per heavy atom. The van der Waals surface area contributed by atoms with Gasteiger partial charge in [-0.15, -0.1) is 0 Å². The average molecular weight is 258 g/mol. The van der Waals surface area contributed by atoms with Crippen LogP contribution in [0.1, 0.15) is 32.4 Å². The molecule has 1 rings (SSSR count). The van der Waals surface area contributed by atoms with Crippen LogP contribution in [0, 0.1) is 0 Å². The molecule has 0 heterocycles. The molecule has 1 aromatic rings. The third-order valence-electron chi connectivity index (χ3n) is 2.50. The second kappa shape index (κ2) is 5.25. The number of aliphatic hydroxyl groups is 2. The van der Waals surface area contributed by atoms with Crippen molar-refractivity contribution >= 4 is 17.3 Å². The zero-order chi connectivity index (χ0) is 13.2. The van der Waals surface area contributed by atoms with Crippen LogP contribution in [0.4, 0.5) is 5.69 Å². The van der Waals surface area contributed by atoms with Crippen molar-refractivity contribution in [3.63, 3.8) is 0 Å². The van der Waals surface area contributed by atoms with Gasteiger partial charge in [-0.05, 0) is 38.5 Å². The van der Waals surface area contributed by atoms with Crippen LogP contribution in [0.5, 0.6) is 0 Å². The highest BCUT2D eigenvalue weighted by Gasteiger charge is 2.17. The van der Waals surface area contributed by atoms with E-state index in [1.807, 2.05) is 24.1 Å². The number of benzene rings is 1. The number of nitrogens with zero attached hydrogens (tertiary/aromatic N) is 1. The summed E-state index contributed by atoms with van der Waals surface area (Å²) in [7, 11) is 1.89. The van der Waals surface area contributed by atoms with E-state index in [1.54, 1.807) is 26.8 Å². The Morgan fingerprint density at radius 3 is 2.41 bits per heavy atom. The normalized spacial score (nSPS) is 13.6. The molecule has 0 amide bonds. The van der Waals surface area contributed by atoms with E-state index >= 15 is 0 Å². The van der Waals surface area contributed by atoms with E-state index in [1.165, 1.54) is 0 Å². The standard InChI is InChI=1S/C13H20ClNO2/c1-9(16)11-6-5-10(7-12(11)14)15(4)8-13(2,3)17/h5-7,9,16-17H,8H2,1-4H3. The van der Waals surface area contributed by atoms with Crippen LogP contribution < -0.4 is 4.90 Å². The van der Waals surface area contributed by atoms with Gasteiger partial charge >= 0.3 is 0 Å². The fraction of sp³-hybridized carbons (Fsp3) is 0.538. The topological polar surface area (TPSA) is 43.7 Å². The van der Waals surface area contributed by atoms with Crippen LogP contribution in [0.15, 0.2) is 18.2 Å². The molecule has 1 atom stereocenters. The summed E-state index contributed by atoms with van der Waals surface area (Å²) in [4.78, 5) is 1.93. The number of hydrogen-bond donors (Lipinski definition) is 2. The van der Waals surface area contributed by atoms with E-state index in [0.717, 1.165) is 5.69 Å². The molecule has 4 heteroatoms. The molecular formula is C13H20ClNO2. The fourth-order valence-electron chi connectivity index (χ4n) is 1.76. The van der Waals surface area contributed by atoms with Crippen LogP contribution in [-0.4, -0.2) is 29.4 Å².